The fraction of sp³-hybridized carbons (Fsp3) is 1.00. The topological polar surface area (TPSA) is 107 Å². The largest absolute Gasteiger partial charge is 0.713 e. The molecule has 0 spiro atoms. The van der Waals surface area contributed by atoms with Crippen LogP contribution in [0.1, 0.15) is 25.7 Å². The summed E-state index contributed by atoms with van der Waals surface area (Å²) >= 11 is 0. The Bertz CT molecular complexity index is 202. The lowest BCUT2D eigenvalue weighted by molar-refractivity contribution is -0.0566. The first-order valence-corrected chi connectivity index (χ1v) is 6.76. The Kier molecular flexibility index (Phi) is 9.24. The molecule has 1 saturated heterocycles. The van der Waals surface area contributed by atoms with E-state index in [1.165, 1.54) is 12.8 Å². The Morgan fingerprint density at radius 1 is 0.933 bits per heavy atom. The Balaban J connectivity index is 0.000000423. The molecule has 0 saturated carbocycles. The summed E-state index contributed by atoms with van der Waals surface area (Å²) in [5, 5.41) is 1.59. The molecule has 15 heavy (non-hydrogen) atoms. The van der Waals surface area contributed by atoms with E-state index < -0.39 is 16.5 Å². The number of nitrogens with zero attached hydrogens (tertiary/aromatic N) is 1. The van der Waals surface area contributed by atoms with Gasteiger partial charge in [-0.05, 0) is 17.5 Å². The maximum atomic E-state index is 10.3. The third-order valence-electron chi connectivity index (χ3n) is 1.75. The molecule has 0 aromatic rings. The van der Waals surface area contributed by atoms with Gasteiger partial charge in [0.2, 0.25) is 0 Å². The molecule has 0 aromatic heterocycles. The molecule has 1 unspecified atom stereocenters. The van der Waals surface area contributed by atoms with Crippen molar-refractivity contribution in [2.75, 3.05) is 13.1 Å². The summed E-state index contributed by atoms with van der Waals surface area (Å²) in [6.45, 7) is 1.56. The van der Waals surface area contributed by atoms with E-state index in [1.807, 2.05) is 0 Å². The van der Waals surface area contributed by atoms with Crippen LogP contribution < -0.4 is 0 Å². The van der Waals surface area contributed by atoms with Gasteiger partial charge in [-0.2, -0.15) is 0 Å². The molecule has 7 nitrogen and oxygen atoms in total. The van der Waals surface area contributed by atoms with Crippen molar-refractivity contribution in [1.29, 1.82) is 0 Å². The van der Waals surface area contributed by atoms with Gasteiger partial charge in [0.1, 0.15) is 0 Å². The second-order valence-electron chi connectivity index (χ2n) is 2.92. The van der Waals surface area contributed by atoms with Crippen LogP contribution in [0.2, 0.25) is 0 Å². The standard InChI is InChI=1S/C6H12NO3P.HO3P/c8-11(9)10-7-5-3-1-2-4-6-7;1-4(2)3/h1-6H2;(H-,1,2,3)/p+2. The van der Waals surface area contributed by atoms with E-state index in [1.54, 1.807) is 5.06 Å². The van der Waals surface area contributed by atoms with Crippen LogP contribution in [0.5, 0.6) is 0 Å². The van der Waals surface area contributed by atoms with Crippen LogP contribution in [0.15, 0.2) is 0 Å². The fourth-order valence-electron chi connectivity index (χ4n) is 1.22. The highest BCUT2D eigenvalue weighted by Gasteiger charge is 2.21. The van der Waals surface area contributed by atoms with Gasteiger partial charge in [-0.3, -0.25) is 0 Å². The lowest BCUT2D eigenvalue weighted by Crippen LogP contribution is -2.21. The van der Waals surface area contributed by atoms with Crippen molar-refractivity contribution in [3.05, 3.63) is 0 Å². The number of hydroxylamine groups is 2. The zero-order chi connectivity index (χ0) is 11.7. The van der Waals surface area contributed by atoms with E-state index in [0.29, 0.717) is 0 Å². The van der Waals surface area contributed by atoms with Crippen molar-refractivity contribution in [3.8, 4) is 0 Å². The van der Waals surface area contributed by atoms with E-state index in [0.717, 1.165) is 25.9 Å². The van der Waals surface area contributed by atoms with Gasteiger partial charge in [0, 0.05) is 22.2 Å². The van der Waals surface area contributed by atoms with Gasteiger partial charge in [-0.1, -0.05) is 12.8 Å². The average Bonchev–Trinajstić information content (AvgIpc) is 2.30. The van der Waals surface area contributed by atoms with Crippen molar-refractivity contribution in [2.24, 2.45) is 0 Å². The molecule has 0 amide bonds. The zero-order valence-electron chi connectivity index (χ0n) is 8.15. The summed E-state index contributed by atoms with van der Waals surface area (Å²) in [7, 11) is -5.33. The maximum Gasteiger partial charge on any atom is 0.713 e. The summed E-state index contributed by atoms with van der Waals surface area (Å²) in [6, 6.07) is 0. The van der Waals surface area contributed by atoms with E-state index >= 15 is 0 Å². The molecule has 3 N–H and O–H groups in total. The van der Waals surface area contributed by atoms with Gasteiger partial charge in [0.15, 0.2) is 0 Å². The average molecular weight is 259 g/mol. The summed E-state index contributed by atoms with van der Waals surface area (Å²) in [5.74, 6) is 0. The summed E-state index contributed by atoms with van der Waals surface area (Å²) < 4.78 is 23.6. The molecule has 1 rings (SSSR count). The van der Waals surface area contributed by atoms with Crippen LogP contribution in [-0.4, -0.2) is 32.8 Å². The highest BCUT2D eigenvalue weighted by Crippen LogP contribution is 2.20. The minimum atomic E-state index is -2.87. The highest BCUT2D eigenvalue weighted by molar-refractivity contribution is 7.32. The predicted molar refractivity (Wildman–Crippen MR) is 53.0 cm³/mol. The Labute approximate surface area is 89.5 Å². The van der Waals surface area contributed by atoms with Crippen LogP contribution in [-0.2, 0) is 13.8 Å². The SMILES string of the molecule is O=[P+](O)O.O=[P+](O)ON1CCCCCC1. The van der Waals surface area contributed by atoms with E-state index in [9.17, 15) is 4.57 Å². The first-order valence-electron chi connectivity index (χ1n) is 4.46. The lowest BCUT2D eigenvalue weighted by Gasteiger charge is -2.08. The van der Waals surface area contributed by atoms with Crippen molar-refractivity contribution in [1.82, 2.24) is 5.06 Å². The minimum Gasteiger partial charge on any atom is -0.136 e. The number of hydrogen-bond acceptors (Lipinski definition) is 4. The summed E-state index contributed by atoms with van der Waals surface area (Å²) in [5.41, 5.74) is 0. The van der Waals surface area contributed by atoms with Crippen molar-refractivity contribution in [3.63, 3.8) is 0 Å². The number of hydrogen-bond donors (Lipinski definition) is 3. The molecule has 0 bridgehead atoms. The molecular weight excluding hydrogens is 244 g/mol. The normalized spacial score (nSPS) is 18.5. The van der Waals surface area contributed by atoms with E-state index in [-0.39, 0.29) is 0 Å². The summed E-state index contributed by atoms with van der Waals surface area (Å²) in [6.07, 6.45) is 4.51. The van der Waals surface area contributed by atoms with Gasteiger partial charge >= 0.3 is 16.5 Å². The van der Waals surface area contributed by atoms with Crippen LogP contribution in [0.4, 0.5) is 0 Å². The lowest BCUT2D eigenvalue weighted by atomic mass is 10.2. The van der Waals surface area contributed by atoms with Crippen LogP contribution in [0, 0.1) is 0 Å². The van der Waals surface area contributed by atoms with Crippen molar-refractivity contribution >= 4 is 16.5 Å². The van der Waals surface area contributed by atoms with Gasteiger partial charge < -0.3 is 0 Å². The monoisotopic (exact) mass is 259 g/mol. The van der Waals surface area contributed by atoms with Crippen molar-refractivity contribution in [2.45, 2.75) is 25.7 Å². The van der Waals surface area contributed by atoms with Gasteiger partial charge in [0.05, 0.1) is 0 Å². The predicted octanol–water partition coefficient (Wildman–Crippen LogP) is 1.07. The molecule has 9 heteroatoms. The first-order chi connectivity index (χ1) is 7.02. The fourth-order valence-corrected chi connectivity index (χ4v) is 1.58. The van der Waals surface area contributed by atoms with Crippen LogP contribution in [0.3, 0.4) is 0 Å². The minimum absolute atomic E-state index is 0.779. The Hall–Kier alpha value is -0.0000000000000000694. The zero-order valence-corrected chi connectivity index (χ0v) is 9.94. The second kappa shape index (κ2) is 9.24. The Morgan fingerprint density at radius 2 is 1.33 bits per heavy atom. The molecule has 1 fully saturated rings. The van der Waals surface area contributed by atoms with E-state index in [4.69, 9.17) is 19.2 Å². The van der Waals surface area contributed by atoms with Gasteiger partial charge in [-0.25, -0.2) is 0 Å². The van der Waals surface area contributed by atoms with Crippen LogP contribution >= 0.6 is 16.5 Å². The first kappa shape index (κ1) is 15.0. The Morgan fingerprint density at radius 3 is 1.67 bits per heavy atom. The highest BCUT2D eigenvalue weighted by atomic mass is 31.1. The van der Waals surface area contributed by atoms with Crippen molar-refractivity contribution < 1.29 is 28.4 Å². The van der Waals surface area contributed by atoms with Gasteiger partial charge in [-0.15, -0.1) is 19.7 Å². The second-order valence-corrected chi connectivity index (χ2v) is 4.06. The van der Waals surface area contributed by atoms with E-state index in [2.05, 4.69) is 4.62 Å². The molecule has 1 heterocycles. The summed E-state index contributed by atoms with van der Waals surface area (Å²) in [4.78, 5) is 22.7. The molecule has 0 aromatic carbocycles. The van der Waals surface area contributed by atoms with Crippen LogP contribution in [0.25, 0.3) is 0 Å². The molecule has 0 radical (unpaired) electrons. The molecule has 88 valence electrons. The third kappa shape index (κ3) is 11.9. The quantitative estimate of drug-likeness (QED) is 0.636. The van der Waals surface area contributed by atoms with Gasteiger partial charge in [0.25, 0.3) is 0 Å². The molecule has 0 aliphatic carbocycles. The molecule has 1 aliphatic rings. The maximum absolute atomic E-state index is 10.3. The molecule has 1 atom stereocenters. The molecule has 1 aliphatic heterocycles. The third-order valence-corrected chi connectivity index (χ3v) is 2.12. The number of rotatable bonds is 2. The molecular formula is C6H15NO6P2+2. The smallest absolute Gasteiger partial charge is 0.136 e.